The summed E-state index contributed by atoms with van der Waals surface area (Å²) in [7, 11) is -1.83. The van der Waals surface area contributed by atoms with Crippen LogP contribution in [0.4, 0.5) is 0 Å². The van der Waals surface area contributed by atoms with Gasteiger partial charge < -0.3 is 10.1 Å². The van der Waals surface area contributed by atoms with E-state index in [0.29, 0.717) is 31.2 Å². The lowest BCUT2D eigenvalue weighted by molar-refractivity contribution is 0.138. The fraction of sp³-hybridized carbons (Fsp3) is 0.667. The van der Waals surface area contributed by atoms with Gasteiger partial charge in [0.1, 0.15) is 0 Å². The number of sulfonamides is 1. The first-order chi connectivity index (χ1) is 9.04. The topological polar surface area (TPSA) is 58.6 Å². The summed E-state index contributed by atoms with van der Waals surface area (Å²) >= 11 is 1.46. The Morgan fingerprint density at radius 1 is 1.42 bits per heavy atom. The molecule has 0 amide bonds. The molecule has 0 saturated carbocycles. The summed E-state index contributed by atoms with van der Waals surface area (Å²) in [5.74, 6) is 0. The van der Waals surface area contributed by atoms with Crippen LogP contribution in [-0.2, 0) is 21.3 Å². The average Bonchev–Trinajstić information content (AvgIpc) is 2.85. The Morgan fingerprint density at radius 3 is 2.79 bits per heavy atom. The highest BCUT2D eigenvalue weighted by Gasteiger charge is 2.24. The smallest absolute Gasteiger partial charge is 0.244 e. The molecule has 0 aliphatic carbocycles. The van der Waals surface area contributed by atoms with Gasteiger partial charge in [-0.25, -0.2) is 8.42 Å². The molecule has 0 unspecified atom stereocenters. The predicted molar refractivity (Wildman–Crippen MR) is 78.0 cm³/mol. The van der Waals surface area contributed by atoms with E-state index in [4.69, 9.17) is 4.74 Å². The maximum atomic E-state index is 12.4. The molecule has 1 aromatic rings. The summed E-state index contributed by atoms with van der Waals surface area (Å²) in [5, 5.41) is 4.97. The lowest BCUT2D eigenvalue weighted by atomic mass is 10.4. The Hall–Kier alpha value is -0.470. The van der Waals surface area contributed by atoms with Crippen molar-refractivity contribution in [1.82, 2.24) is 9.62 Å². The molecular formula is C12H22N2O3S2. The van der Waals surface area contributed by atoms with E-state index in [1.54, 1.807) is 13.1 Å². The van der Waals surface area contributed by atoms with Gasteiger partial charge in [0.25, 0.3) is 0 Å². The first-order valence-electron chi connectivity index (χ1n) is 6.35. The second-order valence-corrected chi connectivity index (χ2v) is 7.03. The van der Waals surface area contributed by atoms with Crippen LogP contribution in [0.15, 0.2) is 16.3 Å². The highest BCUT2D eigenvalue weighted by atomic mass is 32.2. The van der Waals surface area contributed by atoms with Crippen molar-refractivity contribution in [3.63, 3.8) is 0 Å². The summed E-state index contributed by atoms with van der Waals surface area (Å²) < 4.78 is 31.4. The molecule has 0 saturated heterocycles. The second-order valence-electron chi connectivity index (χ2n) is 4.01. The minimum atomic E-state index is -3.41. The van der Waals surface area contributed by atoms with E-state index in [9.17, 15) is 8.42 Å². The van der Waals surface area contributed by atoms with E-state index >= 15 is 0 Å². The SMILES string of the molecule is CCNCc1sccc1S(=O)(=O)N(C)CCOCC. The Labute approximate surface area is 119 Å². The third kappa shape index (κ3) is 4.54. The molecule has 7 heteroatoms. The number of rotatable bonds is 9. The van der Waals surface area contributed by atoms with Crippen molar-refractivity contribution in [3.8, 4) is 0 Å². The molecule has 0 aliphatic heterocycles. The molecule has 0 radical (unpaired) electrons. The zero-order chi connectivity index (χ0) is 14.3. The maximum Gasteiger partial charge on any atom is 0.244 e. The van der Waals surface area contributed by atoms with Crippen LogP contribution < -0.4 is 5.32 Å². The van der Waals surface area contributed by atoms with E-state index < -0.39 is 10.0 Å². The number of nitrogens with one attached hydrogen (secondary N) is 1. The zero-order valence-electron chi connectivity index (χ0n) is 11.7. The molecule has 1 rings (SSSR count). The van der Waals surface area contributed by atoms with Crippen LogP contribution in [0.3, 0.4) is 0 Å². The Bertz CT molecular complexity index is 471. The van der Waals surface area contributed by atoms with Gasteiger partial charge in [0.15, 0.2) is 0 Å². The minimum absolute atomic E-state index is 0.368. The van der Waals surface area contributed by atoms with Crippen molar-refractivity contribution in [2.45, 2.75) is 25.3 Å². The molecular weight excluding hydrogens is 284 g/mol. The largest absolute Gasteiger partial charge is 0.380 e. The molecule has 0 fully saturated rings. The van der Waals surface area contributed by atoms with Crippen molar-refractivity contribution < 1.29 is 13.2 Å². The van der Waals surface area contributed by atoms with E-state index in [-0.39, 0.29) is 0 Å². The summed E-state index contributed by atoms with van der Waals surface area (Å²) in [6, 6.07) is 1.67. The van der Waals surface area contributed by atoms with Crippen LogP contribution >= 0.6 is 11.3 Å². The van der Waals surface area contributed by atoms with E-state index in [0.717, 1.165) is 11.4 Å². The highest BCUT2D eigenvalue weighted by molar-refractivity contribution is 7.89. The third-order valence-electron chi connectivity index (χ3n) is 2.68. The normalized spacial score (nSPS) is 12.2. The number of hydrogen-bond donors (Lipinski definition) is 1. The fourth-order valence-electron chi connectivity index (χ4n) is 1.55. The molecule has 0 bridgehead atoms. The zero-order valence-corrected chi connectivity index (χ0v) is 13.3. The molecule has 19 heavy (non-hydrogen) atoms. The van der Waals surface area contributed by atoms with E-state index in [1.807, 2.05) is 19.2 Å². The average molecular weight is 306 g/mol. The number of hydrogen-bond acceptors (Lipinski definition) is 5. The lowest BCUT2D eigenvalue weighted by Crippen LogP contribution is -2.31. The maximum absolute atomic E-state index is 12.4. The van der Waals surface area contributed by atoms with Crippen molar-refractivity contribution in [2.75, 3.05) is 33.4 Å². The van der Waals surface area contributed by atoms with Crippen molar-refractivity contribution in [3.05, 3.63) is 16.3 Å². The van der Waals surface area contributed by atoms with Crippen LogP contribution in [0.2, 0.25) is 0 Å². The standard InChI is InChI=1S/C12H22N2O3S2/c1-4-13-10-11-12(6-9-18-11)19(15,16)14(3)7-8-17-5-2/h6,9,13H,4-5,7-8,10H2,1-3H3. The van der Waals surface area contributed by atoms with Gasteiger partial charge in [-0.05, 0) is 24.9 Å². The summed E-state index contributed by atoms with van der Waals surface area (Å²) in [6.07, 6.45) is 0. The Balaban J connectivity index is 2.78. The Morgan fingerprint density at radius 2 is 2.16 bits per heavy atom. The van der Waals surface area contributed by atoms with Crippen molar-refractivity contribution in [1.29, 1.82) is 0 Å². The van der Waals surface area contributed by atoms with Crippen LogP contribution in [0.25, 0.3) is 0 Å². The van der Waals surface area contributed by atoms with Gasteiger partial charge in [0.2, 0.25) is 10.0 Å². The number of ether oxygens (including phenoxy) is 1. The van der Waals surface area contributed by atoms with Crippen molar-refractivity contribution >= 4 is 21.4 Å². The van der Waals surface area contributed by atoms with Gasteiger partial charge >= 0.3 is 0 Å². The summed E-state index contributed by atoms with van der Waals surface area (Å²) in [4.78, 5) is 1.25. The van der Waals surface area contributed by atoms with E-state index in [2.05, 4.69) is 5.32 Å². The molecule has 0 atom stereocenters. The Kier molecular flexibility index (Phi) is 6.95. The number of likely N-dealkylation sites (N-methyl/N-ethyl adjacent to an activating group) is 1. The van der Waals surface area contributed by atoms with Crippen molar-refractivity contribution in [2.24, 2.45) is 0 Å². The molecule has 110 valence electrons. The first kappa shape index (κ1) is 16.6. The molecule has 1 heterocycles. The van der Waals surface area contributed by atoms with Crippen LogP contribution in [0.1, 0.15) is 18.7 Å². The summed E-state index contributed by atoms with van der Waals surface area (Å²) in [6.45, 7) is 6.67. The van der Waals surface area contributed by atoms with Gasteiger partial charge in [0.05, 0.1) is 11.5 Å². The molecule has 0 aromatic carbocycles. The number of nitrogens with zero attached hydrogens (tertiary/aromatic N) is 1. The van der Waals surface area contributed by atoms with Crippen LogP contribution in [0, 0.1) is 0 Å². The fourth-order valence-corrected chi connectivity index (χ4v) is 4.09. The molecule has 1 N–H and O–H groups in total. The summed E-state index contributed by atoms with van der Waals surface area (Å²) in [5.41, 5.74) is 0. The van der Waals surface area contributed by atoms with Crippen LogP contribution in [-0.4, -0.2) is 46.1 Å². The lowest BCUT2D eigenvalue weighted by Gasteiger charge is -2.17. The monoisotopic (exact) mass is 306 g/mol. The molecule has 0 aliphatic rings. The predicted octanol–water partition coefficient (Wildman–Crippen LogP) is 1.51. The minimum Gasteiger partial charge on any atom is -0.380 e. The quantitative estimate of drug-likeness (QED) is 0.703. The van der Waals surface area contributed by atoms with E-state index in [1.165, 1.54) is 15.6 Å². The van der Waals surface area contributed by atoms with Gasteiger partial charge in [-0.3, -0.25) is 0 Å². The number of thiophene rings is 1. The first-order valence-corrected chi connectivity index (χ1v) is 8.67. The highest BCUT2D eigenvalue weighted by Crippen LogP contribution is 2.24. The van der Waals surface area contributed by atoms with Gasteiger partial charge in [0, 0.05) is 31.6 Å². The van der Waals surface area contributed by atoms with Gasteiger partial charge in [-0.2, -0.15) is 4.31 Å². The van der Waals surface area contributed by atoms with Gasteiger partial charge in [-0.15, -0.1) is 11.3 Å². The molecule has 1 aromatic heterocycles. The van der Waals surface area contributed by atoms with Crippen LogP contribution in [0.5, 0.6) is 0 Å². The molecule has 0 spiro atoms. The second kappa shape index (κ2) is 7.96. The van der Waals surface area contributed by atoms with Gasteiger partial charge in [-0.1, -0.05) is 6.92 Å². The third-order valence-corrected chi connectivity index (χ3v) is 5.67. The molecule has 5 nitrogen and oxygen atoms in total.